The third-order valence-electron chi connectivity index (χ3n) is 7.37. The van der Waals surface area contributed by atoms with Crippen LogP contribution in [-0.2, 0) is 16.1 Å². The van der Waals surface area contributed by atoms with Gasteiger partial charge in [0.1, 0.15) is 11.5 Å². The summed E-state index contributed by atoms with van der Waals surface area (Å²) in [5.41, 5.74) is 4.46. The smallest absolute Gasteiger partial charge is 1.00 e. The van der Waals surface area contributed by atoms with Crippen LogP contribution in [-0.4, -0.2) is 57.1 Å². The molecule has 0 unspecified atom stereocenters. The van der Waals surface area contributed by atoms with Crippen LogP contribution in [0.15, 0.2) is 84.9 Å². The van der Waals surface area contributed by atoms with Crippen LogP contribution >= 0.6 is 0 Å². The number of halogens is 1. The Labute approximate surface area is 296 Å². The van der Waals surface area contributed by atoms with Crippen LogP contribution in [0.2, 0.25) is 0 Å². The molecule has 1 amide bonds. The molecule has 0 saturated heterocycles. The first-order valence-corrected chi connectivity index (χ1v) is 14.8. The molecule has 0 aliphatic rings. The van der Waals surface area contributed by atoms with Gasteiger partial charge in [0.2, 0.25) is 0 Å². The average molecular weight is 653 g/mol. The summed E-state index contributed by atoms with van der Waals surface area (Å²) in [7, 11) is 1.30. The van der Waals surface area contributed by atoms with Crippen LogP contribution < -0.4 is 34.9 Å². The van der Waals surface area contributed by atoms with Gasteiger partial charge in [0.15, 0.2) is 0 Å². The molecular weight excluding hydrogens is 614 g/mol. The Morgan fingerprint density at radius 2 is 1.62 bits per heavy atom. The fraction of sp³-hybridized carbons (Fsp3) is 0.250. The third kappa shape index (κ3) is 9.50. The summed E-state index contributed by atoms with van der Waals surface area (Å²) < 4.78 is 20.7. The molecular formula is C36H38FN2NaO7. The van der Waals surface area contributed by atoms with Gasteiger partial charge in [-0.25, -0.2) is 9.18 Å². The molecule has 0 aliphatic heterocycles. The second kappa shape index (κ2) is 17.2. The van der Waals surface area contributed by atoms with Gasteiger partial charge in [-0.3, -0.25) is 9.59 Å². The van der Waals surface area contributed by atoms with Crippen LogP contribution in [0.3, 0.4) is 0 Å². The van der Waals surface area contributed by atoms with E-state index < -0.39 is 42.3 Å². The van der Waals surface area contributed by atoms with Crippen LogP contribution in [0.25, 0.3) is 28.3 Å². The van der Waals surface area contributed by atoms with E-state index in [0.717, 1.165) is 5.56 Å². The van der Waals surface area contributed by atoms with E-state index in [-0.39, 0.29) is 50.0 Å². The number of nitrogens with zero attached hydrogens (tertiary/aromatic N) is 1. The molecule has 0 radical (unpaired) electrons. The topological polar surface area (TPSA) is 138 Å². The number of benzene rings is 3. The van der Waals surface area contributed by atoms with E-state index in [1.54, 1.807) is 42.5 Å². The fourth-order valence-corrected chi connectivity index (χ4v) is 5.36. The summed E-state index contributed by atoms with van der Waals surface area (Å²) in [5, 5.41) is 32.8. The minimum absolute atomic E-state index is 0. The number of ether oxygens (including phenoxy) is 1. The SMILES string of the molecule is COC(=O)c1cccc(CNC(=O)c2c(-c3ccccc3)c(-c3ccc(F)cc3)c(C=C[C@@H](O)C[C@@H](O)CC(=O)O)n2C(C)C)c1.[H-].[Na+]. The number of esters is 1. The molecule has 4 aromatic rings. The van der Waals surface area contributed by atoms with Gasteiger partial charge >= 0.3 is 41.5 Å². The van der Waals surface area contributed by atoms with Gasteiger partial charge in [0, 0.05) is 35.8 Å². The maximum Gasteiger partial charge on any atom is 1.00 e. The van der Waals surface area contributed by atoms with Crippen molar-refractivity contribution in [3.05, 3.63) is 113 Å². The zero-order valence-electron chi connectivity index (χ0n) is 27.8. The average Bonchev–Trinajstić information content (AvgIpc) is 3.38. The molecule has 242 valence electrons. The summed E-state index contributed by atoms with van der Waals surface area (Å²) in [6.07, 6.45) is -0.0873. The van der Waals surface area contributed by atoms with Crippen molar-refractivity contribution in [2.75, 3.05) is 7.11 Å². The molecule has 3 aromatic carbocycles. The minimum Gasteiger partial charge on any atom is -1.00 e. The third-order valence-corrected chi connectivity index (χ3v) is 7.37. The second-order valence-electron chi connectivity index (χ2n) is 11.1. The van der Waals surface area contributed by atoms with E-state index >= 15 is 0 Å². The summed E-state index contributed by atoms with van der Waals surface area (Å²) in [5.74, 6) is -2.51. The summed E-state index contributed by atoms with van der Waals surface area (Å²) in [6.45, 7) is 3.92. The van der Waals surface area contributed by atoms with Gasteiger partial charge < -0.3 is 31.4 Å². The van der Waals surface area contributed by atoms with Gasteiger partial charge in [0.05, 0.1) is 31.3 Å². The quantitative estimate of drug-likeness (QED) is 0.129. The monoisotopic (exact) mass is 652 g/mol. The van der Waals surface area contributed by atoms with Gasteiger partial charge in [0.25, 0.3) is 5.91 Å². The van der Waals surface area contributed by atoms with Gasteiger partial charge in [-0.05, 0) is 60.9 Å². The zero-order valence-corrected chi connectivity index (χ0v) is 28.8. The first-order valence-electron chi connectivity index (χ1n) is 14.8. The molecule has 11 heteroatoms. The number of methoxy groups -OCH3 is 1. The van der Waals surface area contributed by atoms with Crippen molar-refractivity contribution < 1.29 is 69.8 Å². The van der Waals surface area contributed by atoms with Crippen molar-refractivity contribution in [1.82, 2.24) is 9.88 Å². The largest absolute Gasteiger partial charge is 1.00 e. The molecule has 9 nitrogen and oxygen atoms in total. The predicted molar refractivity (Wildman–Crippen MR) is 174 cm³/mol. The Balaban J connectivity index is 0.00000400. The van der Waals surface area contributed by atoms with E-state index in [0.29, 0.717) is 39.2 Å². The number of carbonyl (C=O) groups is 3. The minimum atomic E-state index is -1.26. The molecule has 2 atom stereocenters. The predicted octanol–water partition coefficient (Wildman–Crippen LogP) is 2.98. The molecule has 1 heterocycles. The molecule has 0 saturated carbocycles. The number of carboxylic acid groups (broad SMARTS) is 1. The molecule has 4 N–H and O–H groups in total. The molecule has 4 rings (SSSR count). The number of aliphatic hydroxyl groups is 2. The number of rotatable bonds is 13. The van der Waals surface area contributed by atoms with E-state index in [1.807, 2.05) is 48.7 Å². The number of carboxylic acids is 1. The molecule has 47 heavy (non-hydrogen) atoms. The van der Waals surface area contributed by atoms with Crippen molar-refractivity contribution in [2.45, 2.75) is 51.5 Å². The van der Waals surface area contributed by atoms with Crippen molar-refractivity contribution in [2.24, 2.45) is 0 Å². The Bertz CT molecular complexity index is 1730. The number of aromatic nitrogens is 1. The number of nitrogens with one attached hydrogen (secondary N) is 1. The van der Waals surface area contributed by atoms with Gasteiger partial charge in [-0.1, -0.05) is 60.7 Å². The molecule has 0 bridgehead atoms. The summed E-state index contributed by atoms with van der Waals surface area (Å²) in [4.78, 5) is 37.3. The molecule has 1 aromatic heterocycles. The van der Waals surface area contributed by atoms with Gasteiger partial charge in [-0.15, -0.1) is 0 Å². The fourth-order valence-electron chi connectivity index (χ4n) is 5.36. The maximum absolute atomic E-state index is 14.2. The van der Waals surface area contributed by atoms with Crippen molar-refractivity contribution in [3.8, 4) is 22.3 Å². The summed E-state index contributed by atoms with van der Waals surface area (Å²) >= 11 is 0. The first kappa shape index (κ1) is 37.4. The second-order valence-corrected chi connectivity index (χ2v) is 11.1. The van der Waals surface area contributed by atoms with Crippen LogP contribution in [0, 0.1) is 5.82 Å². The normalized spacial score (nSPS) is 12.4. The number of aliphatic hydroxyl groups excluding tert-OH is 2. The molecule has 0 fully saturated rings. The number of hydrogen-bond donors (Lipinski definition) is 4. The first-order chi connectivity index (χ1) is 22.0. The Hall–Kier alpha value is -4.06. The molecule has 0 spiro atoms. The van der Waals surface area contributed by atoms with Crippen LogP contribution in [0.1, 0.15) is 66.3 Å². The maximum atomic E-state index is 14.2. The number of carbonyl (C=O) groups excluding carboxylic acids is 2. The van der Waals surface area contributed by atoms with E-state index in [2.05, 4.69) is 5.32 Å². The Morgan fingerprint density at radius 3 is 2.23 bits per heavy atom. The Kier molecular flexibility index (Phi) is 13.7. The van der Waals surface area contributed by atoms with Gasteiger partial charge in [-0.2, -0.15) is 0 Å². The number of aliphatic carboxylic acids is 1. The number of amides is 1. The van der Waals surface area contributed by atoms with E-state index in [1.165, 1.54) is 25.3 Å². The van der Waals surface area contributed by atoms with Crippen LogP contribution in [0.5, 0.6) is 0 Å². The standard InChI is InChI=1S/C36H37FN2O7.Na.H/c1-22(2)39-30(17-16-28(40)19-29(41)20-31(42)43)32(25-12-14-27(37)15-13-25)33(24-9-5-4-6-10-24)34(39)35(44)38-21-23-8-7-11-26(18-23)36(45)46-3;;/h4-18,22,28-29,40-41H,19-21H2,1-3H3,(H,38,44)(H,42,43);;/q;+1;-1/t28-,29-;;/m1../s1. The van der Waals surface area contributed by atoms with Crippen molar-refractivity contribution in [1.29, 1.82) is 0 Å². The van der Waals surface area contributed by atoms with E-state index in [9.17, 15) is 29.0 Å². The Morgan fingerprint density at radius 1 is 0.957 bits per heavy atom. The molecule has 0 aliphatic carbocycles. The number of hydrogen-bond acceptors (Lipinski definition) is 6. The zero-order chi connectivity index (χ0) is 33.4. The van der Waals surface area contributed by atoms with Crippen molar-refractivity contribution >= 4 is 23.9 Å². The van der Waals surface area contributed by atoms with E-state index in [4.69, 9.17) is 9.84 Å². The summed E-state index contributed by atoms with van der Waals surface area (Å²) in [6, 6.07) is 21.7. The van der Waals surface area contributed by atoms with Crippen LogP contribution in [0.4, 0.5) is 4.39 Å². The van der Waals surface area contributed by atoms with Crippen molar-refractivity contribution in [3.63, 3.8) is 0 Å².